The van der Waals surface area contributed by atoms with Crippen LogP contribution in [0.4, 0.5) is 0 Å². The summed E-state index contributed by atoms with van der Waals surface area (Å²) in [7, 11) is 1.91. The van der Waals surface area contributed by atoms with Crippen molar-refractivity contribution in [1.82, 2.24) is 20.3 Å². The fourth-order valence-corrected chi connectivity index (χ4v) is 2.73. The summed E-state index contributed by atoms with van der Waals surface area (Å²) < 4.78 is 7.57. The largest absolute Gasteiger partial charge is 0.378 e. The Balaban J connectivity index is 1.78. The molecule has 0 spiro atoms. The Kier molecular flexibility index (Phi) is 5.79. The summed E-state index contributed by atoms with van der Waals surface area (Å²) in [5.41, 5.74) is 1.07. The molecule has 1 N–H and O–H groups in total. The van der Waals surface area contributed by atoms with Crippen molar-refractivity contribution in [2.24, 2.45) is 7.05 Å². The van der Waals surface area contributed by atoms with Gasteiger partial charge in [0.2, 0.25) is 0 Å². The summed E-state index contributed by atoms with van der Waals surface area (Å²) in [5.74, 6) is 0. The highest BCUT2D eigenvalue weighted by Crippen LogP contribution is 2.18. The van der Waals surface area contributed by atoms with Crippen molar-refractivity contribution < 1.29 is 4.74 Å². The molecule has 0 aromatic carbocycles. The van der Waals surface area contributed by atoms with Crippen LogP contribution in [0.15, 0.2) is 6.20 Å². The van der Waals surface area contributed by atoms with Gasteiger partial charge in [0, 0.05) is 32.3 Å². The number of aryl methyl sites for hydroxylation is 1. The molecule has 2 atom stereocenters. The lowest BCUT2D eigenvalue weighted by atomic mass is 9.99. The van der Waals surface area contributed by atoms with Crippen molar-refractivity contribution >= 4 is 0 Å². The number of hydrogen-bond acceptors (Lipinski definition) is 4. The third-order valence-corrected chi connectivity index (χ3v) is 3.71. The maximum atomic E-state index is 5.80. The van der Waals surface area contributed by atoms with Crippen LogP contribution in [0.3, 0.4) is 0 Å². The van der Waals surface area contributed by atoms with Gasteiger partial charge in [-0.05, 0) is 38.6 Å². The maximum Gasteiger partial charge on any atom is 0.0842 e. The van der Waals surface area contributed by atoms with E-state index < -0.39 is 0 Å². The Morgan fingerprint density at radius 1 is 1.53 bits per heavy atom. The molecule has 2 unspecified atom stereocenters. The van der Waals surface area contributed by atoms with Crippen LogP contribution in [-0.2, 0) is 18.2 Å². The van der Waals surface area contributed by atoms with Gasteiger partial charge < -0.3 is 10.1 Å². The van der Waals surface area contributed by atoms with Crippen molar-refractivity contribution in [1.29, 1.82) is 0 Å². The Bertz CT molecular complexity index is 360. The molecule has 1 aliphatic heterocycles. The van der Waals surface area contributed by atoms with E-state index in [1.165, 1.54) is 19.3 Å². The molecule has 2 rings (SSSR count). The highest BCUT2D eigenvalue weighted by atomic mass is 16.5. The molecule has 0 amide bonds. The van der Waals surface area contributed by atoms with Gasteiger partial charge in [0.25, 0.3) is 0 Å². The molecule has 1 fully saturated rings. The molecule has 1 aromatic rings. The molecule has 1 aromatic heterocycles. The smallest absolute Gasteiger partial charge is 0.0842 e. The van der Waals surface area contributed by atoms with Crippen LogP contribution in [0.25, 0.3) is 0 Å². The molecule has 0 saturated carbocycles. The average molecular weight is 266 g/mol. The van der Waals surface area contributed by atoms with E-state index in [1.807, 2.05) is 13.2 Å². The van der Waals surface area contributed by atoms with Crippen LogP contribution in [0.2, 0.25) is 0 Å². The summed E-state index contributed by atoms with van der Waals surface area (Å²) in [4.78, 5) is 0. The zero-order chi connectivity index (χ0) is 13.5. The lowest BCUT2D eigenvalue weighted by Gasteiger charge is -2.25. The van der Waals surface area contributed by atoms with E-state index in [1.54, 1.807) is 4.68 Å². The lowest BCUT2D eigenvalue weighted by Crippen LogP contribution is -2.33. The minimum atomic E-state index is 0.469. The first-order chi connectivity index (χ1) is 9.28. The summed E-state index contributed by atoms with van der Waals surface area (Å²) in [5, 5.41) is 11.7. The van der Waals surface area contributed by atoms with Crippen molar-refractivity contribution in [3.8, 4) is 0 Å². The van der Waals surface area contributed by atoms with Crippen LogP contribution < -0.4 is 5.32 Å². The fourth-order valence-electron chi connectivity index (χ4n) is 2.73. The molecule has 1 aliphatic rings. The molecule has 0 bridgehead atoms. The SMILES string of the molecule is CCNC(CCC1CCCCO1)Cc1cn(C)nn1. The van der Waals surface area contributed by atoms with Gasteiger partial charge in [0.05, 0.1) is 11.8 Å². The van der Waals surface area contributed by atoms with Gasteiger partial charge in [0.1, 0.15) is 0 Å². The van der Waals surface area contributed by atoms with Gasteiger partial charge in [-0.25, -0.2) is 0 Å². The number of nitrogens with one attached hydrogen (secondary N) is 1. The summed E-state index contributed by atoms with van der Waals surface area (Å²) in [6.45, 7) is 4.10. The van der Waals surface area contributed by atoms with Crippen molar-refractivity contribution in [2.45, 2.75) is 57.6 Å². The standard InChI is InChI=1S/C14H26N4O/c1-3-15-12(10-13-11-18(2)17-16-13)7-8-14-6-4-5-9-19-14/h11-12,14-15H,3-10H2,1-2H3. The van der Waals surface area contributed by atoms with Gasteiger partial charge in [0.15, 0.2) is 0 Å². The van der Waals surface area contributed by atoms with Gasteiger partial charge in [-0.1, -0.05) is 12.1 Å². The minimum absolute atomic E-state index is 0.469. The molecular weight excluding hydrogens is 240 g/mol. The van der Waals surface area contributed by atoms with E-state index in [9.17, 15) is 0 Å². The molecular formula is C14H26N4O. The van der Waals surface area contributed by atoms with E-state index in [0.29, 0.717) is 12.1 Å². The van der Waals surface area contributed by atoms with Gasteiger partial charge in [-0.15, -0.1) is 5.10 Å². The predicted molar refractivity (Wildman–Crippen MR) is 75.0 cm³/mol. The number of hydrogen-bond donors (Lipinski definition) is 1. The highest BCUT2D eigenvalue weighted by molar-refractivity contribution is 4.95. The normalized spacial score (nSPS) is 21.5. The predicted octanol–water partition coefficient (Wildman–Crippen LogP) is 1.68. The molecule has 19 heavy (non-hydrogen) atoms. The van der Waals surface area contributed by atoms with Crippen LogP contribution in [-0.4, -0.2) is 40.3 Å². The first-order valence-electron chi connectivity index (χ1n) is 7.48. The first-order valence-corrected chi connectivity index (χ1v) is 7.48. The Morgan fingerprint density at radius 2 is 2.42 bits per heavy atom. The van der Waals surface area contributed by atoms with E-state index in [2.05, 4.69) is 22.6 Å². The topological polar surface area (TPSA) is 52.0 Å². The van der Waals surface area contributed by atoms with Crippen LogP contribution in [0.1, 0.15) is 44.7 Å². The van der Waals surface area contributed by atoms with Crippen molar-refractivity contribution in [3.05, 3.63) is 11.9 Å². The molecule has 5 nitrogen and oxygen atoms in total. The third kappa shape index (κ3) is 4.91. The molecule has 5 heteroatoms. The molecule has 2 heterocycles. The number of aromatic nitrogens is 3. The van der Waals surface area contributed by atoms with Gasteiger partial charge >= 0.3 is 0 Å². The molecule has 1 saturated heterocycles. The second kappa shape index (κ2) is 7.60. The Labute approximate surface area is 115 Å². The van der Waals surface area contributed by atoms with Crippen LogP contribution in [0, 0.1) is 0 Å². The number of ether oxygens (including phenoxy) is 1. The van der Waals surface area contributed by atoms with E-state index >= 15 is 0 Å². The Hall–Kier alpha value is -0.940. The minimum Gasteiger partial charge on any atom is -0.378 e. The summed E-state index contributed by atoms with van der Waals surface area (Å²) >= 11 is 0. The molecule has 0 radical (unpaired) electrons. The van der Waals surface area contributed by atoms with E-state index in [4.69, 9.17) is 4.74 Å². The third-order valence-electron chi connectivity index (χ3n) is 3.71. The Morgan fingerprint density at radius 3 is 3.05 bits per heavy atom. The highest BCUT2D eigenvalue weighted by Gasteiger charge is 2.17. The number of likely N-dealkylation sites (N-methyl/N-ethyl adjacent to an activating group) is 1. The van der Waals surface area contributed by atoms with Crippen LogP contribution >= 0.6 is 0 Å². The second-order valence-electron chi connectivity index (χ2n) is 5.41. The monoisotopic (exact) mass is 266 g/mol. The fraction of sp³-hybridized carbons (Fsp3) is 0.857. The average Bonchev–Trinajstić information content (AvgIpc) is 2.83. The lowest BCUT2D eigenvalue weighted by molar-refractivity contribution is 0.00859. The quantitative estimate of drug-likeness (QED) is 0.816. The number of rotatable bonds is 7. The van der Waals surface area contributed by atoms with E-state index in [0.717, 1.165) is 38.1 Å². The van der Waals surface area contributed by atoms with Crippen LogP contribution in [0.5, 0.6) is 0 Å². The van der Waals surface area contributed by atoms with Gasteiger partial charge in [-0.3, -0.25) is 4.68 Å². The first kappa shape index (κ1) is 14.5. The number of nitrogens with zero attached hydrogens (tertiary/aromatic N) is 3. The van der Waals surface area contributed by atoms with Crippen molar-refractivity contribution in [2.75, 3.05) is 13.2 Å². The second-order valence-corrected chi connectivity index (χ2v) is 5.41. The van der Waals surface area contributed by atoms with Gasteiger partial charge in [-0.2, -0.15) is 0 Å². The summed E-state index contributed by atoms with van der Waals surface area (Å²) in [6, 6.07) is 0.479. The zero-order valence-corrected chi connectivity index (χ0v) is 12.1. The molecule has 0 aliphatic carbocycles. The maximum absolute atomic E-state index is 5.80. The van der Waals surface area contributed by atoms with Crippen molar-refractivity contribution in [3.63, 3.8) is 0 Å². The molecule has 108 valence electrons. The summed E-state index contributed by atoms with van der Waals surface area (Å²) in [6.07, 6.45) is 9.50. The van der Waals surface area contributed by atoms with E-state index in [-0.39, 0.29) is 0 Å². The zero-order valence-electron chi connectivity index (χ0n) is 12.1.